The summed E-state index contributed by atoms with van der Waals surface area (Å²) in [6.07, 6.45) is 0. The smallest absolute Gasteiger partial charge is 0.0507 e. The van der Waals surface area contributed by atoms with Crippen LogP contribution in [0.5, 0.6) is 0 Å². The van der Waals surface area contributed by atoms with Crippen molar-refractivity contribution in [2.24, 2.45) is 0 Å². The first-order chi connectivity index (χ1) is 7.70. The van der Waals surface area contributed by atoms with Crippen molar-refractivity contribution in [2.75, 3.05) is 7.05 Å². The van der Waals surface area contributed by atoms with E-state index in [1.807, 2.05) is 19.2 Å². The molecule has 0 bridgehead atoms. The molecule has 4 heteroatoms. The van der Waals surface area contributed by atoms with Crippen molar-refractivity contribution in [1.82, 2.24) is 5.32 Å². The largest absolute Gasteiger partial charge is 0.315 e. The molecule has 0 aliphatic rings. The van der Waals surface area contributed by atoms with Gasteiger partial charge in [0.15, 0.2) is 0 Å². The SMILES string of the molecule is CNCc1ccc(-c2ccc(Cl)cc2Cl)s1. The summed E-state index contributed by atoms with van der Waals surface area (Å²) < 4.78 is 0. The van der Waals surface area contributed by atoms with Gasteiger partial charge in [0.1, 0.15) is 0 Å². The molecule has 84 valence electrons. The van der Waals surface area contributed by atoms with E-state index in [4.69, 9.17) is 23.2 Å². The van der Waals surface area contributed by atoms with Gasteiger partial charge in [0, 0.05) is 26.9 Å². The predicted molar refractivity (Wildman–Crippen MR) is 72.5 cm³/mol. The van der Waals surface area contributed by atoms with Crippen LogP contribution in [0.15, 0.2) is 30.3 Å². The average molecular weight is 272 g/mol. The van der Waals surface area contributed by atoms with Crippen molar-refractivity contribution in [3.8, 4) is 10.4 Å². The Morgan fingerprint density at radius 1 is 1.19 bits per heavy atom. The van der Waals surface area contributed by atoms with E-state index in [1.54, 1.807) is 17.4 Å². The van der Waals surface area contributed by atoms with E-state index < -0.39 is 0 Å². The molecule has 0 unspecified atom stereocenters. The van der Waals surface area contributed by atoms with Gasteiger partial charge in [0.05, 0.1) is 5.02 Å². The van der Waals surface area contributed by atoms with Crippen LogP contribution >= 0.6 is 34.5 Å². The molecule has 0 saturated carbocycles. The van der Waals surface area contributed by atoms with E-state index in [0.717, 1.165) is 12.1 Å². The van der Waals surface area contributed by atoms with Gasteiger partial charge in [0.2, 0.25) is 0 Å². The van der Waals surface area contributed by atoms with Crippen LogP contribution in [0.1, 0.15) is 4.88 Å². The highest BCUT2D eigenvalue weighted by Gasteiger charge is 2.06. The second-order valence-corrected chi connectivity index (χ2v) is 5.43. The molecule has 1 nitrogen and oxygen atoms in total. The summed E-state index contributed by atoms with van der Waals surface area (Å²) in [5.74, 6) is 0. The molecule has 16 heavy (non-hydrogen) atoms. The van der Waals surface area contributed by atoms with Crippen LogP contribution in [0, 0.1) is 0 Å². The van der Waals surface area contributed by atoms with Crippen LogP contribution in [-0.2, 0) is 6.54 Å². The molecule has 0 aliphatic carbocycles. The van der Waals surface area contributed by atoms with Gasteiger partial charge in [-0.05, 0) is 31.3 Å². The van der Waals surface area contributed by atoms with Gasteiger partial charge >= 0.3 is 0 Å². The minimum Gasteiger partial charge on any atom is -0.315 e. The monoisotopic (exact) mass is 271 g/mol. The zero-order chi connectivity index (χ0) is 11.5. The Morgan fingerprint density at radius 2 is 2.00 bits per heavy atom. The average Bonchev–Trinajstić information content (AvgIpc) is 2.67. The van der Waals surface area contributed by atoms with E-state index in [-0.39, 0.29) is 0 Å². The van der Waals surface area contributed by atoms with Crippen molar-refractivity contribution < 1.29 is 0 Å². The van der Waals surface area contributed by atoms with Gasteiger partial charge < -0.3 is 5.32 Å². The molecule has 0 aliphatic heterocycles. The fourth-order valence-corrected chi connectivity index (χ4v) is 3.11. The van der Waals surface area contributed by atoms with Crippen LogP contribution in [0.25, 0.3) is 10.4 Å². The molecule has 0 spiro atoms. The van der Waals surface area contributed by atoms with Crippen molar-refractivity contribution in [2.45, 2.75) is 6.54 Å². The Labute approximate surface area is 109 Å². The Kier molecular flexibility index (Phi) is 3.87. The van der Waals surface area contributed by atoms with Gasteiger partial charge in [-0.1, -0.05) is 29.3 Å². The summed E-state index contributed by atoms with van der Waals surface area (Å²) in [5, 5.41) is 4.50. The summed E-state index contributed by atoms with van der Waals surface area (Å²) in [7, 11) is 1.94. The standard InChI is InChI=1S/C12H11Cl2NS/c1-15-7-9-3-5-12(16-9)10-4-2-8(13)6-11(10)14/h2-6,15H,7H2,1H3. The normalized spacial score (nSPS) is 10.7. The van der Waals surface area contributed by atoms with Crippen molar-refractivity contribution >= 4 is 34.5 Å². The maximum Gasteiger partial charge on any atom is 0.0507 e. The van der Waals surface area contributed by atoms with Crippen molar-refractivity contribution in [3.05, 3.63) is 45.3 Å². The molecule has 0 saturated heterocycles. The van der Waals surface area contributed by atoms with Crippen LogP contribution in [0.2, 0.25) is 10.0 Å². The number of halogens is 2. The lowest BCUT2D eigenvalue weighted by Crippen LogP contribution is -2.02. The molecule has 1 N–H and O–H groups in total. The Morgan fingerprint density at radius 3 is 2.69 bits per heavy atom. The summed E-state index contributed by atoms with van der Waals surface area (Å²) in [6, 6.07) is 9.80. The summed E-state index contributed by atoms with van der Waals surface area (Å²) in [6.45, 7) is 0.885. The first-order valence-corrected chi connectivity index (χ1v) is 6.46. The third kappa shape index (κ3) is 2.58. The molecule has 0 amide bonds. The van der Waals surface area contributed by atoms with E-state index in [0.29, 0.717) is 10.0 Å². The Hall–Kier alpha value is -0.540. The molecule has 1 aromatic carbocycles. The maximum atomic E-state index is 6.16. The number of hydrogen-bond donors (Lipinski definition) is 1. The van der Waals surface area contributed by atoms with E-state index in [1.165, 1.54) is 9.75 Å². The van der Waals surface area contributed by atoms with Crippen molar-refractivity contribution in [3.63, 3.8) is 0 Å². The number of nitrogens with one attached hydrogen (secondary N) is 1. The molecule has 1 aromatic heterocycles. The zero-order valence-corrected chi connectivity index (χ0v) is 11.1. The molecule has 1 heterocycles. The topological polar surface area (TPSA) is 12.0 Å². The first kappa shape index (κ1) is 11.9. The summed E-state index contributed by atoms with van der Waals surface area (Å²) >= 11 is 13.8. The molecule has 0 radical (unpaired) electrons. The second-order valence-electron chi connectivity index (χ2n) is 3.42. The fourth-order valence-electron chi connectivity index (χ4n) is 1.48. The van der Waals surface area contributed by atoms with E-state index >= 15 is 0 Å². The van der Waals surface area contributed by atoms with Crippen LogP contribution in [0.4, 0.5) is 0 Å². The van der Waals surface area contributed by atoms with Gasteiger partial charge in [-0.25, -0.2) is 0 Å². The Balaban J connectivity index is 2.35. The highest BCUT2D eigenvalue weighted by molar-refractivity contribution is 7.15. The lowest BCUT2D eigenvalue weighted by Gasteiger charge is -2.01. The fraction of sp³-hybridized carbons (Fsp3) is 0.167. The highest BCUT2D eigenvalue weighted by atomic mass is 35.5. The summed E-state index contributed by atoms with van der Waals surface area (Å²) in [5.41, 5.74) is 1.04. The number of benzene rings is 1. The van der Waals surface area contributed by atoms with E-state index in [9.17, 15) is 0 Å². The maximum absolute atomic E-state index is 6.16. The second kappa shape index (κ2) is 5.19. The quantitative estimate of drug-likeness (QED) is 0.870. The van der Waals surface area contributed by atoms with Crippen LogP contribution in [-0.4, -0.2) is 7.05 Å². The van der Waals surface area contributed by atoms with Crippen LogP contribution in [0.3, 0.4) is 0 Å². The summed E-state index contributed by atoms with van der Waals surface area (Å²) in [4.78, 5) is 2.47. The van der Waals surface area contributed by atoms with Gasteiger partial charge in [-0.3, -0.25) is 0 Å². The highest BCUT2D eigenvalue weighted by Crippen LogP contribution is 2.34. The molecule has 0 fully saturated rings. The van der Waals surface area contributed by atoms with Gasteiger partial charge in [-0.2, -0.15) is 0 Å². The van der Waals surface area contributed by atoms with Gasteiger partial charge in [-0.15, -0.1) is 11.3 Å². The lowest BCUT2D eigenvalue weighted by molar-refractivity contribution is 0.831. The molecule has 2 aromatic rings. The number of thiophene rings is 1. The third-order valence-corrected chi connectivity index (χ3v) is 3.88. The number of hydrogen-bond acceptors (Lipinski definition) is 2. The van der Waals surface area contributed by atoms with Crippen molar-refractivity contribution in [1.29, 1.82) is 0 Å². The first-order valence-electron chi connectivity index (χ1n) is 4.89. The molecular weight excluding hydrogens is 261 g/mol. The minimum atomic E-state index is 0.667. The molecule has 2 rings (SSSR count). The van der Waals surface area contributed by atoms with Gasteiger partial charge in [0.25, 0.3) is 0 Å². The third-order valence-electron chi connectivity index (χ3n) is 2.21. The van der Waals surface area contributed by atoms with Crippen LogP contribution < -0.4 is 5.32 Å². The lowest BCUT2D eigenvalue weighted by atomic mass is 10.2. The minimum absolute atomic E-state index is 0.667. The number of rotatable bonds is 3. The Bertz CT molecular complexity index is 494. The zero-order valence-electron chi connectivity index (χ0n) is 8.76. The molecule has 0 atom stereocenters. The molecular formula is C12H11Cl2NS. The van der Waals surface area contributed by atoms with E-state index in [2.05, 4.69) is 17.4 Å². The predicted octanol–water partition coefficient (Wildman–Crippen LogP) is 4.44.